The van der Waals surface area contributed by atoms with Crippen molar-refractivity contribution in [1.29, 1.82) is 0 Å². The van der Waals surface area contributed by atoms with Crippen molar-refractivity contribution < 1.29 is 14.7 Å². The summed E-state index contributed by atoms with van der Waals surface area (Å²) in [5.41, 5.74) is 1.63. The number of carboxylic acids is 1. The molecule has 0 spiro atoms. The Balaban J connectivity index is 1.90. The van der Waals surface area contributed by atoms with Gasteiger partial charge in [-0.2, -0.15) is 0 Å². The average Bonchev–Trinajstić information content (AvgIpc) is 2.43. The molecule has 0 saturated carbocycles. The SMILES string of the molecule is Cc1ccc(Cl)c(NC(=O)N2CCC(CC(=O)O)CC2)c1. The quantitative estimate of drug-likeness (QED) is 0.899. The number of piperidine rings is 1. The molecule has 2 N–H and O–H groups in total. The minimum Gasteiger partial charge on any atom is -0.481 e. The summed E-state index contributed by atoms with van der Waals surface area (Å²) in [6.45, 7) is 3.09. The molecule has 0 aliphatic carbocycles. The molecule has 1 aromatic rings. The van der Waals surface area contributed by atoms with Gasteiger partial charge in [0.1, 0.15) is 0 Å². The van der Waals surface area contributed by atoms with Gasteiger partial charge in [0.2, 0.25) is 0 Å². The van der Waals surface area contributed by atoms with Gasteiger partial charge in [-0.15, -0.1) is 0 Å². The summed E-state index contributed by atoms with van der Waals surface area (Å²) in [6, 6.07) is 5.29. The first-order valence-corrected chi connectivity index (χ1v) is 7.37. The zero-order valence-corrected chi connectivity index (χ0v) is 12.7. The van der Waals surface area contributed by atoms with Gasteiger partial charge in [0.15, 0.2) is 0 Å². The second kappa shape index (κ2) is 6.80. The monoisotopic (exact) mass is 310 g/mol. The van der Waals surface area contributed by atoms with E-state index in [1.165, 1.54) is 0 Å². The lowest BCUT2D eigenvalue weighted by molar-refractivity contribution is -0.138. The molecule has 0 unspecified atom stereocenters. The molecule has 0 radical (unpaired) electrons. The highest BCUT2D eigenvalue weighted by Crippen LogP contribution is 2.25. The van der Waals surface area contributed by atoms with E-state index in [2.05, 4.69) is 5.32 Å². The van der Waals surface area contributed by atoms with Crippen molar-refractivity contribution in [3.63, 3.8) is 0 Å². The van der Waals surface area contributed by atoms with E-state index in [1.807, 2.05) is 19.1 Å². The number of nitrogens with one attached hydrogen (secondary N) is 1. The van der Waals surface area contributed by atoms with Gasteiger partial charge < -0.3 is 15.3 Å². The number of hydrogen-bond donors (Lipinski definition) is 2. The van der Waals surface area contributed by atoms with Crippen LogP contribution in [0.1, 0.15) is 24.8 Å². The third-order valence-corrected chi connectivity index (χ3v) is 4.06. The summed E-state index contributed by atoms with van der Waals surface area (Å²) in [5.74, 6) is -0.612. The molecule has 6 heteroatoms. The second-order valence-corrected chi connectivity index (χ2v) is 5.85. The van der Waals surface area contributed by atoms with Crippen LogP contribution in [0, 0.1) is 12.8 Å². The lowest BCUT2D eigenvalue weighted by Gasteiger charge is -2.31. The Morgan fingerprint density at radius 3 is 2.67 bits per heavy atom. The predicted molar refractivity (Wildman–Crippen MR) is 81.8 cm³/mol. The van der Waals surface area contributed by atoms with Gasteiger partial charge in [-0.1, -0.05) is 17.7 Å². The van der Waals surface area contributed by atoms with E-state index in [1.54, 1.807) is 11.0 Å². The number of carbonyl (C=O) groups excluding carboxylic acids is 1. The number of aryl methyl sites for hydroxylation is 1. The second-order valence-electron chi connectivity index (χ2n) is 5.44. The van der Waals surface area contributed by atoms with Crippen LogP contribution in [-0.4, -0.2) is 35.1 Å². The van der Waals surface area contributed by atoms with E-state index in [0.29, 0.717) is 23.8 Å². The number of nitrogens with zero attached hydrogens (tertiary/aromatic N) is 1. The molecule has 1 saturated heterocycles. The van der Waals surface area contributed by atoms with Crippen molar-refractivity contribution >= 4 is 29.3 Å². The van der Waals surface area contributed by atoms with Crippen LogP contribution in [0.5, 0.6) is 0 Å². The van der Waals surface area contributed by atoms with Crippen LogP contribution >= 0.6 is 11.6 Å². The minimum absolute atomic E-state index is 0.161. The molecule has 114 valence electrons. The molecule has 1 heterocycles. The number of anilines is 1. The molecular formula is C15H19ClN2O3. The number of benzene rings is 1. The Morgan fingerprint density at radius 1 is 1.38 bits per heavy atom. The summed E-state index contributed by atoms with van der Waals surface area (Å²) in [6.07, 6.45) is 1.63. The highest BCUT2D eigenvalue weighted by atomic mass is 35.5. The van der Waals surface area contributed by atoms with Crippen LogP contribution in [0.15, 0.2) is 18.2 Å². The molecule has 1 aliphatic rings. The van der Waals surface area contributed by atoms with E-state index < -0.39 is 5.97 Å². The fourth-order valence-electron chi connectivity index (χ4n) is 2.52. The van der Waals surface area contributed by atoms with Gasteiger partial charge in [-0.3, -0.25) is 4.79 Å². The molecule has 1 aliphatic heterocycles. The van der Waals surface area contributed by atoms with Gasteiger partial charge in [0, 0.05) is 19.5 Å². The van der Waals surface area contributed by atoms with Crippen LogP contribution in [-0.2, 0) is 4.79 Å². The Hall–Kier alpha value is -1.75. The van der Waals surface area contributed by atoms with Gasteiger partial charge >= 0.3 is 12.0 Å². The Labute approximate surface area is 128 Å². The first-order chi connectivity index (χ1) is 9.95. The third kappa shape index (κ3) is 4.36. The van der Waals surface area contributed by atoms with Crippen LogP contribution in [0.2, 0.25) is 5.02 Å². The van der Waals surface area contributed by atoms with Crippen molar-refractivity contribution in [3.05, 3.63) is 28.8 Å². The van der Waals surface area contributed by atoms with Gasteiger partial charge in [0.05, 0.1) is 10.7 Å². The average molecular weight is 311 g/mol. The number of hydrogen-bond acceptors (Lipinski definition) is 2. The highest BCUT2D eigenvalue weighted by molar-refractivity contribution is 6.33. The van der Waals surface area contributed by atoms with Crippen molar-refractivity contribution in [3.8, 4) is 0 Å². The molecule has 5 nitrogen and oxygen atoms in total. The van der Waals surface area contributed by atoms with E-state index in [0.717, 1.165) is 18.4 Å². The summed E-state index contributed by atoms with van der Waals surface area (Å²) < 4.78 is 0. The predicted octanol–water partition coefficient (Wildman–Crippen LogP) is 3.37. The number of rotatable bonds is 3. The zero-order chi connectivity index (χ0) is 15.4. The normalized spacial score (nSPS) is 15.8. The number of amides is 2. The summed E-state index contributed by atoms with van der Waals surface area (Å²) in [5, 5.41) is 12.1. The smallest absolute Gasteiger partial charge is 0.321 e. The first-order valence-electron chi connectivity index (χ1n) is 6.99. The van der Waals surface area contributed by atoms with Gasteiger partial charge in [0.25, 0.3) is 0 Å². The van der Waals surface area contributed by atoms with Crippen LogP contribution in [0.25, 0.3) is 0 Å². The topological polar surface area (TPSA) is 69.6 Å². The molecule has 1 fully saturated rings. The molecule has 1 aromatic carbocycles. The summed E-state index contributed by atoms with van der Waals surface area (Å²) >= 11 is 6.06. The fraction of sp³-hybridized carbons (Fsp3) is 0.467. The number of carboxylic acid groups (broad SMARTS) is 1. The number of likely N-dealkylation sites (tertiary alicyclic amines) is 1. The van der Waals surface area contributed by atoms with Crippen LogP contribution in [0.3, 0.4) is 0 Å². The molecule has 0 atom stereocenters. The highest BCUT2D eigenvalue weighted by Gasteiger charge is 2.24. The molecular weight excluding hydrogens is 292 g/mol. The maximum Gasteiger partial charge on any atom is 0.321 e. The standard InChI is InChI=1S/C15H19ClN2O3/c1-10-2-3-12(16)13(8-10)17-15(21)18-6-4-11(5-7-18)9-14(19)20/h2-3,8,11H,4-7,9H2,1H3,(H,17,21)(H,19,20). The number of urea groups is 1. The number of halogens is 1. The molecule has 21 heavy (non-hydrogen) atoms. The van der Waals surface area contributed by atoms with Gasteiger partial charge in [-0.25, -0.2) is 4.79 Å². The Morgan fingerprint density at radius 2 is 2.05 bits per heavy atom. The fourth-order valence-corrected chi connectivity index (χ4v) is 2.68. The number of carbonyl (C=O) groups is 2. The van der Waals surface area contributed by atoms with Crippen molar-refractivity contribution in [2.24, 2.45) is 5.92 Å². The Bertz CT molecular complexity index is 540. The minimum atomic E-state index is -0.774. The Kier molecular flexibility index (Phi) is 5.07. The van der Waals surface area contributed by atoms with Gasteiger partial charge in [-0.05, 0) is 43.4 Å². The molecule has 0 aromatic heterocycles. The van der Waals surface area contributed by atoms with Crippen molar-refractivity contribution in [2.45, 2.75) is 26.2 Å². The lowest BCUT2D eigenvalue weighted by Crippen LogP contribution is -2.41. The van der Waals surface area contributed by atoms with Crippen LogP contribution in [0.4, 0.5) is 10.5 Å². The van der Waals surface area contributed by atoms with Crippen molar-refractivity contribution in [1.82, 2.24) is 4.90 Å². The van der Waals surface area contributed by atoms with E-state index >= 15 is 0 Å². The van der Waals surface area contributed by atoms with E-state index in [4.69, 9.17) is 16.7 Å². The number of aliphatic carboxylic acids is 1. The van der Waals surface area contributed by atoms with Crippen LogP contribution < -0.4 is 5.32 Å². The lowest BCUT2D eigenvalue weighted by atomic mass is 9.94. The summed E-state index contributed by atoms with van der Waals surface area (Å²) in [7, 11) is 0. The molecule has 2 rings (SSSR count). The largest absolute Gasteiger partial charge is 0.481 e. The van der Waals surface area contributed by atoms with E-state index in [-0.39, 0.29) is 18.4 Å². The zero-order valence-electron chi connectivity index (χ0n) is 11.9. The summed E-state index contributed by atoms with van der Waals surface area (Å²) in [4.78, 5) is 24.6. The molecule has 0 bridgehead atoms. The maximum atomic E-state index is 12.2. The van der Waals surface area contributed by atoms with E-state index in [9.17, 15) is 9.59 Å². The first kappa shape index (κ1) is 15.6. The third-order valence-electron chi connectivity index (χ3n) is 3.73. The maximum absolute atomic E-state index is 12.2. The van der Waals surface area contributed by atoms with Crippen molar-refractivity contribution in [2.75, 3.05) is 18.4 Å². The molecule has 2 amide bonds.